The summed E-state index contributed by atoms with van der Waals surface area (Å²) in [7, 11) is 0. The first-order valence-electron chi connectivity index (χ1n) is 18.8. The van der Waals surface area contributed by atoms with Gasteiger partial charge in [-0.2, -0.15) is 5.26 Å². The van der Waals surface area contributed by atoms with E-state index in [9.17, 15) is 5.26 Å². The summed E-state index contributed by atoms with van der Waals surface area (Å²) >= 11 is 0. The molecule has 10 heteroatoms. The van der Waals surface area contributed by atoms with Crippen molar-refractivity contribution in [2.24, 2.45) is 0 Å². The molecule has 0 amide bonds. The molecule has 0 saturated carbocycles. The SMILES string of the molecule is [C-]#[N+]c1cccc(-c2ccc(-n3c4ccccc4c4cc(-c5nc(C)nc(C)n5)ccc43)c(C#N)c2-n2c3ccccc3c3cc(-c4nc(C)nc(C)n4)ccc32)c1. The van der Waals surface area contributed by atoms with Crippen molar-refractivity contribution < 1.29 is 0 Å². The maximum absolute atomic E-state index is 11.5. The lowest BCUT2D eigenvalue weighted by atomic mass is 9.97. The fourth-order valence-corrected chi connectivity index (χ4v) is 8.30. The quantitative estimate of drug-likeness (QED) is 0.161. The lowest BCUT2D eigenvalue weighted by Gasteiger charge is -2.20. The van der Waals surface area contributed by atoms with Crippen molar-refractivity contribution in [2.75, 3.05) is 0 Å². The van der Waals surface area contributed by atoms with Gasteiger partial charge in [-0.15, -0.1) is 0 Å². The lowest BCUT2D eigenvalue weighted by Crippen LogP contribution is -2.06. The Morgan fingerprint density at radius 3 is 1.57 bits per heavy atom. The van der Waals surface area contributed by atoms with Crippen LogP contribution in [0.5, 0.6) is 0 Å². The minimum Gasteiger partial charge on any atom is -0.308 e. The van der Waals surface area contributed by atoms with E-state index in [-0.39, 0.29) is 0 Å². The number of benzene rings is 6. The number of hydrogen-bond donors (Lipinski definition) is 0. The van der Waals surface area contributed by atoms with Gasteiger partial charge in [0, 0.05) is 38.2 Å². The van der Waals surface area contributed by atoms with Crippen LogP contribution in [0.3, 0.4) is 0 Å². The largest absolute Gasteiger partial charge is 0.308 e. The Morgan fingerprint density at radius 2 is 1.02 bits per heavy atom. The van der Waals surface area contributed by atoms with E-state index in [0.717, 1.165) is 71.6 Å². The number of fused-ring (bicyclic) bond motifs is 6. The summed E-state index contributed by atoms with van der Waals surface area (Å²) in [5.74, 6) is 3.86. The van der Waals surface area contributed by atoms with E-state index in [1.807, 2.05) is 88.4 Å². The zero-order valence-corrected chi connectivity index (χ0v) is 32.0. The number of aromatic nitrogens is 8. The van der Waals surface area contributed by atoms with Crippen molar-refractivity contribution in [3.8, 4) is 51.3 Å². The molecule has 10 nitrogen and oxygen atoms in total. The molecule has 0 aliphatic heterocycles. The predicted molar refractivity (Wildman–Crippen MR) is 228 cm³/mol. The third kappa shape index (κ3) is 5.47. The maximum atomic E-state index is 11.5. The van der Waals surface area contributed by atoms with Crippen LogP contribution in [0.2, 0.25) is 0 Å². The zero-order valence-electron chi connectivity index (χ0n) is 32.0. The second-order valence-corrected chi connectivity index (χ2v) is 14.3. The van der Waals surface area contributed by atoms with E-state index in [1.54, 1.807) is 6.07 Å². The summed E-state index contributed by atoms with van der Waals surface area (Å²) in [6.07, 6.45) is 0. The highest BCUT2D eigenvalue weighted by atomic mass is 15.0. The van der Waals surface area contributed by atoms with Gasteiger partial charge in [0.05, 0.1) is 40.0 Å². The van der Waals surface area contributed by atoms with Gasteiger partial charge in [-0.3, -0.25) is 0 Å². The average Bonchev–Trinajstić information content (AvgIpc) is 3.74. The Labute approximate surface area is 333 Å². The van der Waals surface area contributed by atoms with Crippen LogP contribution in [0.15, 0.2) is 121 Å². The molecule has 0 aliphatic rings. The molecule has 0 fully saturated rings. The van der Waals surface area contributed by atoms with Crippen LogP contribution in [-0.2, 0) is 0 Å². The van der Waals surface area contributed by atoms with Gasteiger partial charge in [-0.05, 0) is 93.9 Å². The average molecular weight is 749 g/mol. The van der Waals surface area contributed by atoms with Crippen LogP contribution < -0.4 is 0 Å². The van der Waals surface area contributed by atoms with E-state index >= 15 is 0 Å². The van der Waals surface area contributed by atoms with Crippen molar-refractivity contribution in [3.63, 3.8) is 0 Å². The second kappa shape index (κ2) is 13.3. The van der Waals surface area contributed by atoms with Crippen LogP contribution in [0.4, 0.5) is 5.69 Å². The molecule has 10 rings (SSSR count). The highest BCUT2D eigenvalue weighted by Gasteiger charge is 2.25. The van der Waals surface area contributed by atoms with Crippen LogP contribution in [-0.4, -0.2) is 39.0 Å². The molecule has 4 heterocycles. The smallest absolute Gasteiger partial charge is 0.187 e. The summed E-state index contributed by atoms with van der Waals surface area (Å²) in [5.41, 5.74) is 9.60. The third-order valence-electron chi connectivity index (χ3n) is 10.6. The lowest BCUT2D eigenvalue weighted by molar-refractivity contribution is 0.928. The standard InChI is InChI=1S/C48H32N10/c1-27-51-28(2)54-47(53-27)32-17-20-43-38(24-32)36-13-6-8-15-41(36)57(43)45-22-19-35(31-11-10-12-34(23-31)50-5)46(40(45)26-49)58-42-16-9-7-14-37(42)39-25-33(18-21-44(39)58)48-55-29(3)52-30(4)56-48/h6-25H,1-4H3. The van der Waals surface area contributed by atoms with Crippen LogP contribution in [0.25, 0.3) is 93.7 Å². The number of nitriles is 1. The van der Waals surface area contributed by atoms with E-state index in [0.29, 0.717) is 51.9 Å². The molecule has 0 aliphatic carbocycles. The van der Waals surface area contributed by atoms with Gasteiger partial charge in [0.1, 0.15) is 34.9 Å². The number of aryl methyl sites for hydroxylation is 4. The Hall–Kier alpha value is -8.08. The van der Waals surface area contributed by atoms with E-state index in [1.165, 1.54) is 0 Å². The minimum absolute atomic E-state index is 0.483. The molecule has 10 aromatic rings. The maximum Gasteiger partial charge on any atom is 0.187 e. The summed E-state index contributed by atoms with van der Waals surface area (Å²) in [6, 6.07) is 43.3. The normalized spacial score (nSPS) is 11.4. The van der Waals surface area contributed by atoms with Gasteiger partial charge in [0.2, 0.25) is 0 Å². The number of rotatable bonds is 5. The summed E-state index contributed by atoms with van der Waals surface area (Å²) < 4.78 is 4.37. The Bertz CT molecular complexity index is 3390. The fourth-order valence-electron chi connectivity index (χ4n) is 8.30. The van der Waals surface area contributed by atoms with E-state index in [2.05, 4.69) is 105 Å². The highest BCUT2D eigenvalue weighted by molar-refractivity contribution is 6.12. The van der Waals surface area contributed by atoms with Crippen LogP contribution in [0, 0.1) is 45.6 Å². The number of nitrogens with zero attached hydrogens (tertiary/aromatic N) is 10. The van der Waals surface area contributed by atoms with E-state index < -0.39 is 0 Å². The van der Waals surface area contributed by atoms with Crippen LogP contribution >= 0.6 is 0 Å². The van der Waals surface area contributed by atoms with Gasteiger partial charge >= 0.3 is 0 Å². The molecule has 0 saturated heterocycles. The minimum atomic E-state index is 0.483. The molecule has 0 radical (unpaired) electrons. The summed E-state index contributed by atoms with van der Waals surface area (Å²) in [4.78, 5) is 31.2. The molecule has 0 unspecified atom stereocenters. The number of para-hydroxylation sites is 2. The van der Waals surface area contributed by atoms with Gasteiger partial charge in [-0.25, -0.2) is 34.7 Å². The fraction of sp³-hybridized carbons (Fsp3) is 0.0833. The molecule has 274 valence electrons. The van der Waals surface area contributed by atoms with Crippen molar-refractivity contribution in [1.82, 2.24) is 39.0 Å². The summed E-state index contributed by atoms with van der Waals surface area (Å²) in [6.45, 7) is 15.3. The van der Waals surface area contributed by atoms with Gasteiger partial charge in [0.25, 0.3) is 0 Å². The topological polar surface area (TPSA) is 115 Å². The first kappa shape index (κ1) is 34.4. The molecule has 0 atom stereocenters. The van der Waals surface area contributed by atoms with E-state index in [4.69, 9.17) is 6.57 Å². The molecule has 4 aromatic heterocycles. The molecule has 58 heavy (non-hydrogen) atoms. The van der Waals surface area contributed by atoms with Crippen LogP contribution in [0.1, 0.15) is 28.9 Å². The molecule has 0 N–H and O–H groups in total. The summed E-state index contributed by atoms with van der Waals surface area (Å²) in [5, 5.41) is 15.5. The number of hydrogen-bond acceptors (Lipinski definition) is 7. The molecule has 0 bridgehead atoms. The molecule has 6 aromatic carbocycles. The third-order valence-corrected chi connectivity index (χ3v) is 10.6. The molecule has 0 spiro atoms. The van der Waals surface area contributed by atoms with Crippen molar-refractivity contribution >= 4 is 49.3 Å². The first-order chi connectivity index (χ1) is 28.3. The zero-order chi connectivity index (χ0) is 39.7. The van der Waals surface area contributed by atoms with Crippen molar-refractivity contribution in [2.45, 2.75) is 27.7 Å². The molecular weight excluding hydrogens is 717 g/mol. The van der Waals surface area contributed by atoms with Gasteiger partial charge < -0.3 is 9.13 Å². The first-order valence-corrected chi connectivity index (χ1v) is 18.8. The highest BCUT2D eigenvalue weighted by Crippen LogP contribution is 2.43. The predicted octanol–water partition coefficient (Wildman–Crippen LogP) is 10.9. The van der Waals surface area contributed by atoms with Gasteiger partial charge in [0.15, 0.2) is 17.3 Å². The monoisotopic (exact) mass is 748 g/mol. The van der Waals surface area contributed by atoms with Crippen molar-refractivity contribution in [3.05, 3.63) is 162 Å². The van der Waals surface area contributed by atoms with Gasteiger partial charge in [-0.1, -0.05) is 60.7 Å². The molecular formula is C48H32N10. The Kier molecular flexibility index (Phi) is 7.89. The Morgan fingerprint density at radius 1 is 0.500 bits per heavy atom. The van der Waals surface area contributed by atoms with Crippen molar-refractivity contribution in [1.29, 1.82) is 5.26 Å². The second-order valence-electron chi connectivity index (χ2n) is 14.3. The Balaban J connectivity index is 1.29.